The first-order valence-corrected chi connectivity index (χ1v) is 10.5. The standard InChI is InChI=1S/C21H32N8O.HI/c1-4-19-25-24-17-29(19)11-10-22-21(23-16-20(30)26(2)3)28-14-12-27(13-15-28)18-8-6-5-7-9-18;/h5-9,17H,4,10-16H2,1-3H3,(H,22,23);1H. The minimum absolute atomic E-state index is 0. The second kappa shape index (κ2) is 12.5. The van der Waals surface area contributed by atoms with Gasteiger partial charge in [-0.3, -0.25) is 4.79 Å². The van der Waals surface area contributed by atoms with Crippen LogP contribution in [0.3, 0.4) is 0 Å². The number of benzene rings is 1. The van der Waals surface area contributed by atoms with Gasteiger partial charge in [-0.15, -0.1) is 34.2 Å². The highest BCUT2D eigenvalue weighted by molar-refractivity contribution is 14.0. The summed E-state index contributed by atoms with van der Waals surface area (Å²) in [7, 11) is 3.50. The van der Waals surface area contributed by atoms with Crippen LogP contribution in [0.4, 0.5) is 5.69 Å². The summed E-state index contributed by atoms with van der Waals surface area (Å²) in [4.78, 5) is 22.8. The molecule has 3 rings (SSSR count). The number of anilines is 1. The lowest BCUT2D eigenvalue weighted by Crippen LogP contribution is -2.53. The molecular weight excluding hydrogens is 507 g/mol. The molecule has 0 bridgehead atoms. The van der Waals surface area contributed by atoms with Crippen molar-refractivity contribution in [2.24, 2.45) is 4.99 Å². The Balaban J connectivity index is 0.00000341. The SMILES string of the molecule is CCc1nncn1CCNC(=NCC(=O)N(C)C)N1CCN(c2ccccc2)CC1.I. The van der Waals surface area contributed by atoms with E-state index in [1.165, 1.54) is 5.69 Å². The van der Waals surface area contributed by atoms with E-state index in [-0.39, 0.29) is 36.4 Å². The zero-order valence-corrected chi connectivity index (χ0v) is 20.9. The van der Waals surface area contributed by atoms with Crippen LogP contribution in [-0.2, 0) is 17.8 Å². The smallest absolute Gasteiger partial charge is 0.243 e. The van der Waals surface area contributed by atoms with Crippen molar-refractivity contribution in [1.82, 2.24) is 29.9 Å². The van der Waals surface area contributed by atoms with Crippen molar-refractivity contribution in [1.29, 1.82) is 0 Å². The van der Waals surface area contributed by atoms with Gasteiger partial charge in [-0.2, -0.15) is 0 Å². The van der Waals surface area contributed by atoms with Crippen LogP contribution in [0.25, 0.3) is 0 Å². The molecule has 1 N–H and O–H groups in total. The first-order valence-electron chi connectivity index (χ1n) is 10.5. The van der Waals surface area contributed by atoms with Gasteiger partial charge < -0.3 is 24.6 Å². The lowest BCUT2D eigenvalue weighted by molar-refractivity contribution is -0.127. The molecular formula is C21H33IN8O. The largest absolute Gasteiger partial charge is 0.368 e. The molecule has 9 nitrogen and oxygen atoms in total. The summed E-state index contributed by atoms with van der Waals surface area (Å²) in [6, 6.07) is 10.5. The maximum atomic E-state index is 12.1. The number of aliphatic imine (C=N–C) groups is 1. The summed E-state index contributed by atoms with van der Waals surface area (Å²) in [6.07, 6.45) is 2.60. The van der Waals surface area contributed by atoms with Gasteiger partial charge in [0.25, 0.3) is 0 Å². The summed E-state index contributed by atoms with van der Waals surface area (Å²) < 4.78 is 2.04. The number of rotatable bonds is 7. The molecule has 0 aliphatic carbocycles. The van der Waals surface area contributed by atoms with Crippen LogP contribution >= 0.6 is 24.0 Å². The molecule has 0 unspecified atom stereocenters. The van der Waals surface area contributed by atoms with Gasteiger partial charge in [0.05, 0.1) is 0 Å². The van der Waals surface area contributed by atoms with E-state index in [1.807, 2.05) is 10.6 Å². The molecule has 1 aromatic carbocycles. The van der Waals surface area contributed by atoms with Gasteiger partial charge in [-0.05, 0) is 12.1 Å². The van der Waals surface area contributed by atoms with Gasteiger partial charge in [0.2, 0.25) is 5.91 Å². The summed E-state index contributed by atoms with van der Waals surface area (Å²) >= 11 is 0. The molecule has 10 heteroatoms. The van der Waals surface area contributed by atoms with Gasteiger partial charge in [0.1, 0.15) is 18.7 Å². The molecule has 0 atom stereocenters. The summed E-state index contributed by atoms with van der Waals surface area (Å²) in [5, 5.41) is 11.6. The summed E-state index contributed by atoms with van der Waals surface area (Å²) in [5.41, 5.74) is 1.24. The number of aryl methyl sites for hydroxylation is 1. The van der Waals surface area contributed by atoms with Gasteiger partial charge in [0.15, 0.2) is 5.96 Å². The molecule has 2 aromatic rings. The van der Waals surface area contributed by atoms with Crippen molar-refractivity contribution in [3.05, 3.63) is 42.5 Å². The number of para-hydroxylation sites is 1. The topological polar surface area (TPSA) is 81.9 Å². The Morgan fingerprint density at radius 1 is 1.16 bits per heavy atom. The number of nitrogens with one attached hydrogen (secondary N) is 1. The van der Waals surface area contributed by atoms with Crippen molar-refractivity contribution in [2.45, 2.75) is 19.9 Å². The van der Waals surface area contributed by atoms with E-state index in [0.717, 1.165) is 50.9 Å². The minimum Gasteiger partial charge on any atom is -0.368 e. The first-order chi connectivity index (χ1) is 14.6. The van der Waals surface area contributed by atoms with E-state index in [4.69, 9.17) is 0 Å². The van der Waals surface area contributed by atoms with Crippen LogP contribution < -0.4 is 10.2 Å². The van der Waals surface area contributed by atoms with Crippen molar-refractivity contribution >= 4 is 41.5 Å². The summed E-state index contributed by atoms with van der Waals surface area (Å²) in [5.74, 6) is 1.74. The maximum absolute atomic E-state index is 12.1. The van der Waals surface area contributed by atoms with Gasteiger partial charge >= 0.3 is 0 Å². The highest BCUT2D eigenvalue weighted by Crippen LogP contribution is 2.15. The number of carbonyl (C=O) groups excluding carboxylic acids is 1. The molecule has 31 heavy (non-hydrogen) atoms. The number of nitrogens with zero attached hydrogens (tertiary/aromatic N) is 7. The molecule has 0 radical (unpaired) electrons. The number of guanidine groups is 1. The second-order valence-electron chi connectivity index (χ2n) is 7.46. The van der Waals surface area contributed by atoms with Crippen LogP contribution in [-0.4, -0.2) is 89.8 Å². The Labute approximate surface area is 201 Å². The zero-order chi connectivity index (χ0) is 21.3. The molecule has 0 saturated carbocycles. The minimum atomic E-state index is -0.00991. The van der Waals surface area contributed by atoms with E-state index in [9.17, 15) is 4.79 Å². The predicted octanol–water partition coefficient (Wildman–Crippen LogP) is 1.31. The van der Waals surface area contributed by atoms with Crippen LogP contribution in [0.15, 0.2) is 41.7 Å². The Morgan fingerprint density at radius 3 is 2.52 bits per heavy atom. The average Bonchev–Trinajstić information content (AvgIpc) is 3.24. The fourth-order valence-electron chi connectivity index (χ4n) is 3.39. The first kappa shape index (κ1) is 24.9. The monoisotopic (exact) mass is 540 g/mol. The molecule has 0 spiro atoms. The van der Waals surface area contributed by atoms with Crippen LogP contribution in [0.2, 0.25) is 0 Å². The van der Waals surface area contributed by atoms with Crippen LogP contribution in [0, 0.1) is 0 Å². The molecule has 1 aliphatic rings. The Kier molecular flexibility index (Phi) is 10.0. The zero-order valence-electron chi connectivity index (χ0n) is 18.6. The van der Waals surface area contributed by atoms with E-state index in [1.54, 1.807) is 25.3 Å². The fraction of sp³-hybridized carbons (Fsp3) is 0.524. The number of likely N-dealkylation sites (N-methyl/N-ethyl adjacent to an activating group) is 1. The lowest BCUT2D eigenvalue weighted by atomic mass is 10.2. The van der Waals surface area contributed by atoms with E-state index in [2.05, 4.69) is 61.5 Å². The number of amides is 1. The quantitative estimate of drug-likeness (QED) is 0.324. The van der Waals surface area contributed by atoms with Crippen molar-refractivity contribution in [3.8, 4) is 0 Å². The highest BCUT2D eigenvalue weighted by atomic mass is 127. The summed E-state index contributed by atoms with van der Waals surface area (Å²) in [6.45, 7) is 7.18. The number of piperazine rings is 1. The Bertz CT molecular complexity index is 831. The number of carbonyl (C=O) groups is 1. The Hall–Kier alpha value is -2.37. The van der Waals surface area contributed by atoms with Gasteiger partial charge in [-0.1, -0.05) is 25.1 Å². The lowest BCUT2D eigenvalue weighted by Gasteiger charge is -2.37. The maximum Gasteiger partial charge on any atom is 0.243 e. The van der Waals surface area contributed by atoms with Crippen LogP contribution in [0.1, 0.15) is 12.7 Å². The highest BCUT2D eigenvalue weighted by Gasteiger charge is 2.20. The number of hydrogen-bond acceptors (Lipinski definition) is 5. The second-order valence-corrected chi connectivity index (χ2v) is 7.46. The average molecular weight is 540 g/mol. The van der Waals surface area contributed by atoms with Gasteiger partial charge in [0, 0.05) is 65.5 Å². The van der Waals surface area contributed by atoms with Crippen molar-refractivity contribution in [2.75, 3.05) is 58.3 Å². The molecule has 1 aromatic heterocycles. The van der Waals surface area contributed by atoms with Crippen molar-refractivity contribution < 1.29 is 4.79 Å². The molecule has 1 fully saturated rings. The number of halogens is 1. The van der Waals surface area contributed by atoms with Gasteiger partial charge in [-0.25, -0.2) is 4.99 Å². The fourth-order valence-corrected chi connectivity index (χ4v) is 3.39. The van der Waals surface area contributed by atoms with E-state index < -0.39 is 0 Å². The third kappa shape index (κ3) is 7.08. The molecule has 170 valence electrons. The number of hydrogen-bond donors (Lipinski definition) is 1. The third-order valence-electron chi connectivity index (χ3n) is 5.21. The Morgan fingerprint density at radius 2 is 1.87 bits per heavy atom. The van der Waals surface area contributed by atoms with E-state index >= 15 is 0 Å². The molecule has 1 aliphatic heterocycles. The van der Waals surface area contributed by atoms with Crippen molar-refractivity contribution in [3.63, 3.8) is 0 Å². The molecule has 2 heterocycles. The predicted molar refractivity (Wildman–Crippen MR) is 134 cm³/mol. The number of aromatic nitrogens is 3. The third-order valence-corrected chi connectivity index (χ3v) is 5.21. The van der Waals surface area contributed by atoms with E-state index in [0.29, 0.717) is 6.54 Å². The normalized spacial score (nSPS) is 14.2. The van der Waals surface area contributed by atoms with Crippen LogP contribution in [0.5, 0.6) is 0 Å². The molecule has 1 amide bonds. The molecule has 1 saturated heterocycles.